The Balaban J connectivity index is 1.77. The summed E-state index contributed by atoms with van der Waals surface area (Å²) in [7, 11) is 0. The zero-order valence-electron chi connectivity index (χ0n) is 11.3. The van der Waals surface area contributed by atoms with Crippen molar-refractivity contribution in [3.05, 3.63) is 58.6 Å². The van der Waals surface area contributed by atoms with Crippen LogP contribution in [0, 0.1) is 6.92 Å². The molecule has 1 atom stereocenters. The molecule has 0 saturated heterocycles. The minimum Gasteiger partial charge on any atom is -0.491 e. The van der Waals surface area contributed by atoms with E-state index in [0.717, 1.165) is 21.5 Å². The minimum atomic E-state index is -0.556. The lowest BCUT2D eigenvalue weighted by molar-refractivity contribution is 0.117. The van der Waals surface area contributed by atoms with Crippen LogP contribution in [0.2, 0.25) is 0 Å². The van der Waals surface area contributed by atoms with Crippen LogP contribution in [-0.2, 0) is 0 Å². The Bertz CT molecular complexity index is 545. The first-order chi connectivity index (χ1) is 9.65. The fraction of sp³-hybridized carbons (Fsp3) is 0.250. The van der Waals surface area contributed by atoms with Crippen molar-refractivity contribution in [2.45, 2.75) is 13.0 Å². The molecule has 2 aromatic carbocycles. The number of anilines is 1. The summed E-state index contributed by atoms with van der Waals surface area (Å²) in [5, 5.41) is 13.1. The molecule has 2 aromatic rings. The average molecular weight is 336 g/mol. The van der Waals surface area contributed by atoms with Crippen LogP contribution in [0.15, 0.2) is 53.0 Å². The van der Waals surface area contributed by atoms with Gasteiger partial charge in [-0.25, -0.2) is 0 Å². The maximum absolute atomic E-state index is 9.90. The van der Waals surface area contributed by atoms with Crippen molar-refractivity contribution < 1.29 is 9.84 Å². The predicted molar refractivity (Wildman–Crippen MR) is 85.3 cm³/mol. The number of halogens is 1. The molecule has 0 aliphatic heterocycles. The van der Waals surface area contributed by atoms with Crippen LogP contribution in [0.4, 0.5) is 5.69 Å². The normalized spacial score (nSPS) is 11.9. The third kappa shape index (κ3) is 4.54. The summed E-state index contributed by atoms with van der Waals surface area (Å²) < 4.78 is 6.58. The molecule has 0 aliphatic carbocycles. The first kappa shape index (κ1) is 14.9. The summed E-state index contributed by atoms with van der Waals surface area (Å²) in [6.45, 7) is 2.75. The van der Waals surface area contributed by atoms with Crippen LogP contribution in [0.25, 0.3) is 0 Å². The number of nitrogens with one attached hydrogen (secondary N) is 1. The summed E-state index contributed by atoms with van der Waals surface area (Å²) in [6.07, 6.45) is -0.556. The van der Waals surface area contributed by atoms with Crippen LogP contribution in [0.3, 0.4) is 0 Å². The van der Waals surface area contributed by atoms with Gasteiger partial charge in [-0.2, -0.15) is 0 Å². The molecule has 2 rings (SSSR count). The zero-order valence-corrected chi connectivity index (χ0v) is 12.9. The molecule has 0 aromatic heterocycles. The number of aryl methyl sites for hydroxylation is 1. The van der Waals surface area contributed by atoms with Gasteiger partial charge in [-0.05, 0) is 42.8 Å². The monoisotopic (exact) mass is 335 g/mol. The molecule has 0 bridgehead atoms. The SMILES string of the molecule is Cc1cc(NCC(O)COc2ccccc2)ccc1Br. The van der Waals surface area contributed by atoms with E-state index >= 15 is 0 Å². The van der Waals surface area contributed by atoms with Gasteiger partial charge in [0.05, 0.1) is 0 Å². The highest BCUT2D eigenvalue weighted by molar-refractivity contribution is 9.10. The third-order valence-electron chi connectivity index (χ3n) is 2.89. The van der Waals surface area contributed by atoms with Gasteiger partial charge < -0.3 is 15.2 Å². The summed E-state index contributed by atoms with van der Waals surface area (Å²) >= 11 is 3.46. The standard InChI is InChI=1S/C16H18BrNO2/c1-12-9-13(7-8-16(12)17)18-10-14(19)11-20-15-5-3-2-4-6-15/h2-9,14,18-19H,10-11H2,1H3. The molecular formula is C16H18BrNO2. The summed E-state index contributed by atoms with van der Waals surface area (Å²) in [6, 6.07) is 15.5. The number of hydrogen-bond donors (Lipinski definition) is 2. The Labute approximate surface area is 127 Å². The van der Waals surface area contributed by atoms with E-state index in [0.29, 0.717) is 6.54 Å². The van der Waals surface area contributed by atoms with Crippen LogP contribution in [0.1, 0.15) is 5.56 Å². The van der Waals surface area contributed by atoms with Gasteiger partial charge in [0.25, 0.3) is 0 Å². The van der Waals surface area contributed by atoms with E-state index in [1.54, 1.807) is 0 Å². The van der Waals surface area contributed by atoms with E-state index in [4.69, 9.17) is 4.74 Å². The molecule has 20 heavy (non-hydrogen) atoms. The fourth-order valence-corrected chi connectivity index (χ4v) is 2.01. The van der Waals surface area contributed by atoms with Crippen LogP contribution in [0.5, 0.6) is 5.75 Å². The van der Waals surface area contributed by atoms with Crippen molar-refractivity contribution in [2.75, 3.05) is 18.5 Å². The maximum atomic E-state index is 9.90. The highest BCUT2D eigenvalue weighted by Crippen LogP contribution is 2.19. The molecule has 0 heterocycles. The van der Waals surface area contributed by atoms with Crippen molar-refractivity contribution in [1.29, 1.82) is 0 Å². The lowest BCUT2D eigenvalue weighted by Gasteiger charge is -2.14. The largest absolute Gasteiger partial charge is 0.491 e. The number of para-hydroxylation sites is 1. The first-order valence-corrected chi connectivity index (χ1v) is 7.30. The summed E-state index contributed by atoms with van der Waals surface area (Å²) in [4.78, 5) is 0. The maximum Gasteiger partial charge on any atom is 0.119 e. The van der Waals surface area contributed by atoms with Gasteiger partial charge in [0.2, 0.25) is 0 Å². The number of aliphatic hydroxyl groups excluding tert-OH is 1. The molecule has 1 unspecified atom stereocenters. The predicted octanol–water partition coefficient (Wildman–Crippen LogP) is 3.61. The number of aliphatic hydroxyl groups is 1. The molecule has 3 nitrogen and oxygen atoms in total. The van der Waals surface area contributed by atoms with E-state index in [2.05, 4.69) is 21.2 Å². The van der Waals surface area contributed by atoms with Crippen molar-refractivity contribution in [3.63, 3.8) is 0 Å². The van der Waals surface area contributed by atoms with Gasteiger partial charge in [0, 0.05) is 16.7 Å². The van der Waals surface area contributed by atoms with Gasteiger partial charge in [-0.15, -0.1) is 0 Å². The van der Waals surface area contributed by atoms with Crippen molar-refractivity contribution in [3.8, 4) is 5.75 Å². The topological polar surface area (TPSA) is 41.5 Å². The fourth-order valence-electron chi connectivity index (χ4n) is 1.76. The smallest absolute Gasteiger partial charge is 0.119 e. The highest BCUT2D eigenvalue weighted by Gasteiger charge is 2.05. The lowest BCUT2D eigenvalue weighted by atomic mass is 10.2. The number of benzene rings is 2. The molecule has 106 valence electrons. The molecule has 0 amide bonds. The lowest BCUT2D eigenvalue weighted by Crippen LogP contribution is -2.26. The summed E-state index contributed by atoms with van der Waals surface area (Å²) in [5.41, 5.74) is 2.15. The second-order valence-electron chi connectivity index (χ2n) is 4.62. The van der Waals surface area contributed by atoms with Crippen molar-refractivity contribution in [1.82, 2.24) is 0 Å². The second-order valence-corrected chi connectivity index (χ2v) is 5.48. The zero-order chi connectivity index (χ0) is 14.4. The van der Waals surface area contributed by atoms with E-state index in [-0.39, 0.29) is 6.61 Å². The van der Waals surface area contributed by atoms with Crippen molar-refractivity contribution >= 4 is 21.6 Å². The first-order valence-electron chi connectivity index (χ1n) is 6.51. The molecule has 4 heteroatoms. The third-order valence-corrected chi connectivity index (χ3v) is 3.78. The van der Waals surface area contributed by atoms with Crippen LogP contribution in [-0.4, -0.2) is 24.4 Å². The average Bonchev–Trinajstić information content (AvgIpc) is 2.47. The Kier molecular flexibility index (Phi) is 5.44. The molecule has 0 saturated carbocycles. The van der Waals surface area contributed by atoms with Crippen molar-refractivity contribution in [2.24, 2.45) is 0 Å². The second kappa shape index (κ2) is 7.31. The minimum absolute atomic E-state index is 0.270. The molecular weight excluding hydrogens is 318 g/mol. The van der Waals surface area contributed by atoms with Gasteiger partial charge in [0.1, 0.15) is 18.5 Å². The Hall–Kier alpha value is -1.52. The number of ether oxygens (including phenoxy) is 1. The van der Waals surface area contributed by atoms with Crippen LogP contribution < -0.4 is 10.1 Å². The highest BCUT2D eigenvalue weighted by atomic mass is 79.9. The Morgan fingerprint density at radius 2 is 1.95 bits per heavy atom. The van der Waals surface area contributed by atoms with E-state index in [1.807, 2.05) is 55.5 Å². The molecule has 0 fully saturated rings. The van der Waals surface area contributed by atoms with Gasteiger partial charge in [-0.3, -0.25) is 0 Å². The van der Waals surface area contributed by atoms with E-state index in [9.17, 15) is 5.11 Å². The Morgan fingerprint density at radius 3 is 2.65 bits per heavy atom. The van der Waals surface area contributed by atoms with E-state index in [1.165, 1.54) is 0 Å². The Morgan fingerprint density at radius 1 is 1.20 bits per heavy atom. The van der Waals surface area contributed by atoms with Gasteiger partial charge in [-0.1, -0.05) is 34.1 Å². The van der Waals surface area contributed by atoms with Gasteiger partial charge >= 0.3 is 0 Å². The van der Waals surface area contributed by atoms with E-state index < -0.39 is 6.10 Å². The van der Waals surface area contributed by atoms with Gasteiger partial charge in [0.15, 0.2) is 0 Å². The van der Waals surface area contributed by atoms with Crippen LogP contribution >= 0.6 is 15.9 Å². The molecule has 2 N–H and O–H groups in total. The number of rotatable bonds is 6. The molecule has 0 radical (unpaired) electrons. The molecule has 0 aliphatic rings. The summed E-state index contributed by atoms with van der Waals surface area (Å²) in [5.74, 6) is 0.769. The molecule has 0 spiro atoms. The quantitative estimate of drug-likeness (QED) is 0.847. The number of hydrogen-bond acceptors (Lipinski definition) is 3.